The van der Waals surface area contributed by atoms with Gasteiger partial charge in [-0.25, -0.2) is 0 Å². The molecule has 1 saturated carbocycles. The van der Waals surface area contributed by atoms with Gasteiger partial charge in [0.2, 0.25) is 0 Å². The van der Waals surface area contributed by atoms with Gasteiger partial charge in [0, 0.05) is 11.0 Å². The zero-order valence-corrected chi connectivity index (χ0v) is 12.4. The summed E-state index contributed by atoms with van der Waals surface area (Å²) in [5.41, 5.74) is 1.23. The number of nitrogens with one attached hydrogen (secondary N) is 1. The molecule has 0 unspecified atom stereocenters. The Labute approximate surface area is 118 Å². The van der Waals surface area contributed by atoms with Crippen LogP contribution < -0.4 is 5.32 Å². The lowest BCUT2D eigenvalue weighted by atomic mass is 10.1. The molecule has 0 aromatic heterocycles. The third-order valence-electron chi connectivity index (χ3n) is 3.51. The Kier molecular flexibility index (Phi) is 6.18. The Bertz CT molecular complexity index is 333. The first-order valence-electron chi connectivity index (χ1n) is 6.87. The highest BCUT2D eigenvalue weighted by molar-refractivity contribution is 9.10. The molecule has 0 heterocycles. The zero-order valence-electron chi connectivity index (χ0n) is 10.8. The number of halogens is 1. The topological polar surface area (TPSA) is 21.3 Å². The molecule has 3 heteroatoms. The van der Waals surface area contributed by atoms with Crippen LogP contribution in [0.25, 0.3) is 0 Å². The highest BCUT2D eigenvalue weighted by Gasteiger charge is 2.13. The molecule has 0 bridgehead atoms. The van der Waals surface area contributed by atoms with Crippen molar-refractivity contribution in [1.29, 1.82) is 0 Å². The minimum atomic E-state index is 0.707. The van der Waals surface area contributed by atoms with Crippen molar-refractivity contribution in [2.45, 2.75) is 32.3 Å². The van der Waals surface area contributed by atoms with Crippen LogP contribution in [0.2, 0.25) is 0 Å². The minimum absolute atomic E-state index is 0.707. The van der Waals surface area contributed by atoms with E-state index in [9.17, 15) is 0 Å². The Hall–Kier alpha value is -0.380. The second kappa shape index (κ2) is 7.93. The predicted molar refractivity (Wildman–Crippen MR) is 78.6 cm³/mol. The quantitative estimate of drug-likeness (QED) is 0.774. The smallest absolute Gasteiger partial charge is 0.0717 e. The normalized spacial score (nSPS) is 16.3. The van der Waals surface area contributed by atoms with Gasteiger partial charge in [-0.05, 0) is 43.0 Å². The Morgan fingerprint density at radius 2 is 1.89 bits per heavy atom. The molecule has 0 saturated heterocycles. The summed E-state index contributed by atoms with van der Waals surface area (Å²) >= 11 is 3.43. The molecule has 1 aromatic carbocycles. The van der Waals surface area contributed by atoms with Crippen LogP contribution in [0.3, 0.4) is 0 Å². The Morgan fingerprint density at radius 3 is 2.61 bits per heavy atom. The van der Waals surface area contributed by atoms with Gasteiger partial charge in [-0.3, -0.25) is 0 Å². The second-order valence-corrected chi connectivity index (χ2v) is 5.95. The van der Waals surface area contributed by atoms with E-state index >= 15 is 0 Å². The van der Waals surface area contributed by atoms with Crippen molar-refractivity contribution in [2.24, 2.45) is 5.92 Å². The Morgan fingerprint density at radius 1 is 1.17 bits per heavy atom. The highest BCUT2D eigenvalue weighted by Crippen LogP contribution is 2.23. The summed E-state index contributed by atoms with van der Waals surface area (Å²) < 4.78 is 6.76. The van der Waals surface area contributed by atoms with Crippen LogP contribution in [0.4, 0.5) is 0 Å². The van der Waals surface area contributed by atoms with Crippen LogP contribution in [0.15, 0.2) is 28.7 Å². The van der Waals surface area contributed by atoms with Gasteiger partial charge in [0.05, 0.1) is 13.2 Å². The van der Waals surface area contributed by atoms with Crippen molar-refractivity contribution in [1.82, 2.24) is 5.32 Å². The predicted octanol–water partition coefficient (Wildman–Crippen LogP) is 3.75. The SMILES string of the molecule is Brc1ccc(COCCNCC2CCCC2)cc1. The molecule has 1 fully saturated rings. The van der Waals surface area contributed by atoms with E-state index in [1.165, 1.54) is 37.8 Å². The maximum Gasteiger partial charge on any atom is 0.0717 e. The molecule has 0 radical (unpaired) electrons. The maximum atomic E-state index is 5.65. The first-order chi connectivity index (χ1) is 8.84. The number of hydrogen-bond acceptors (Lipinski definition) is 2. The Balaban J connectivity index is 1.49. The van der Waals surface area contributed by atoms with Crippen molar-refractivity contribution < 1.29 is 4.74 Å². The van der Waals surface area contributed by atoms with Gasteiger partial charge >= 0.3 is 0 Å². The lowest BCUT2D eigenvalue weighted by Gasteiger charge is -2.10. The highest BCUT2D eigenvalue weighted by atomic mass is 79.9. The second-order valence-electron chi connectivity index (χ2n) is 5.03. The van der Waals surface area contributed by atoms with Gasteiger partial charge in [0.15, 0.2) is 0 Å². The van der Waals surface area contributed by atoms with Crippen LogP contribution >= 0.6 is 15.9 Å². The van der Waals surface area contributed by atoms with Crippen LogP contribution in [0, 0.1) is 5.92 Å². The van der Waals surface area contributed by atoms with Gasteiger partial charge in [0.25, 0.3) is 0 Å². The number of rotatable bonds is 7. The van der Waals surface area contributed by atoms with Gasteiger partial charge in [-0.2, -0.15) is 0 Å². The largest absolute Gasteiger partial charge is 0.375 e. The molecule has 2 rings (SSSR count). The van der Waals surface area contributed by atoms with Crippen molar-refractivity contribution in [3.8, 4) is 0 Å². The summed E-state index contributed by atoms with van der Waals surface area (Å²) in [5.74, 6) is 0.913. The van der Waals surface area contributed by atoms with Crippen LogP contribution in [-0.4, -0.2) is 19.7 Å². The lowest BCUT2D eigenvalue weighted by molar-refractivity contribution is 0.122. The van der Waals surface area contributed by atoms with Crippen LogP contribution in [-0.2, 0) is 11.3 Å². The molecular weight excluding hydrogens is 290 g/mol. The summed E-state index contributed by atoms with van der Waals surface area (Å²) in [6.45, 7) is 3.63. The monoisotopic (exact) mass is 311 g/mol. The first-order valence-corrected chi connectivity index (χ1v) is 7.67. The van der Waals surface area contributed by atoms with Gasteiger partial charge < -0.3 is 10.1 Å². The van der Waals surface area contributed by atoms with E-state index in [1.54, 1.807) is 0 Å². The maximum absolute atomic E-state index is 5.65. The molecule has 0 spiro atoms. The van der Waals surface area contributed by atoms with E-state index in [-0.39, 0.29) is 0 Å². The molecule has 1 aromatic rings. The van der Waals surface area contributed by atoms with Crippen LogP contribution in [0.5, 0.6) is 0 Å². The fourth-order valence-electron chi connectivity index (χ4n) is 2.44. The molecule has 2 nitrogen and oxygen atoms in total. The molecule has 0 aliphatic heterocycles. The van der Waals surface area contributed by atoms with E-state index < -0.39 is 0 Å². The first kappa shape index (κ1) is 14.0. The van der Waals surface area contributed by atoms with E-state index in [0.29, 0.717) is 6.61 Å². The molecule has 18 heavy (non-hydrogen) atoms. The molecule has 0 atom stereocenters. The van der Waals surface area contributed by atoms with Gasteiger partial charge in [-0.15, -0.1) is 0 Å². The van der Waals surface area contributed by atoms with Crippen LogP contribution in [0.1, 0.15) is 31.2 Å². The van der Waals surface area contributed by atoms with E-state index in [0.717, 1.165) is 23.5 Å². The van der Waals surface area contributed by atoms with E-state index in [2.05, 4.69) is 45.5 Å². The number of hydrogen-bond donors (Lipinski definition) is 1. The summed E-state index contributed by atoms with van der Waals surface area (Å²) in [6, 6.07) is 8.29. The van der Waals surface area contributed by atoms with Crippen molar-refractivity contribution >= 4 is 15.9 Å². The number of benzene rings is 1. The summed E-state index contributed by atoms with van der Waals surface area (Å²) in [4.78, 5) is 0. The third kappa shape index (κ3) is 5.09. The summed E-state index contributed by atoms with van der Waals surface area (Å²) in [5, 5.41) is 3.49. The summed E-state index contributed by atoms with van der Waals surface area (Å²) in [6.07, 6.45) is 5.67. The zero-order chi connectivity index (χ0) is 12.6. The average Bonchev–Trinajstić information content (AvgIpc) is 2.89. The van der Waals surface area contributed by atoms with Gasteiger partial charge in [-0.1, -0.05) is 40.9 Å². The number of ether oxygens (including phenoxy) is 1. The van der Waals surface area contributed by atoms with E-state index in [4.69, 9.17) is 4.74 Å². The minimum Gasteiger partial charge on any atom is -0.375 e. The lowest BCUT2D eigenvalue weighted by Crippen LogP contribution is -2.25. The van der Waals surface area contributed by atoms with E-state index in [1.807, 2.05) is 0 Å². The fourth-order valence-corrected chi connectivity index (χ4v) is 2.70. The molecule has 1 N–H and O–H groups in total. The molecule has 0 amide bonds. The molecule has 1 aliphatic rings. The average molecular weight is 312 g/mol. The summed E-state index contributed by atoms with van der Waals surface area (Å²) in [7, 11) is 0. The molecule has 1 aliphatic carbocycles. The molecular formula is C15H22BrNO. The van der Waals surface area contributed by atoms with Crippen molar-refractivity contribution in [2.75, 3.05) is 19.7 Å². The fraction of sp³-hybridized carbons (Fsp3) is 0.600. The molecule has 100 valence electrons. The van der Waals surface area contributed by atoms with Gasteiger partial charge in [0.1, 0.15) is 0 Å². The standard InChI is InChI=1S/C15H22BrNO/c16-15-7-5-14(6-8-15)12-18-10-9-17-11-13-3-1-2-4-13/h5-8,13,17H,1-4,9-12H2. The van der Waals surface area contributed by atoms with Crippen molar-refractivity contribution in [3.05, 3.63) is 34.3 Å². The third-order valence-corrected chi connectivity index (χ3v) is 4.04. The van der Waals surface area contributed by atoms with Crippen molar-refractivity contribution in [3.63, 3.8) is 0 Å².